The van der Waals surface area contributed by atoms with Crippen LogP contribution in [0.2, 0.25) is 0 Å². The van der Waals surface area contributed by atoms with Gasteiger partial charge in [0.25, 0.3) is 5.91 Å². The van der Waals surface area contributed by atoms with E-state index in [9.17, 15) is 4.79 Å². The molecule has 0 spiro atoms. The molecule has 0 radical (unpaired) electrons. The van der Waals surface area contributed by atoms with Crippen molar-refractivity contribution in [3.05, 3.63) is 101 Å². The molecule has 0 bridgehead atoms. The monoisotopic (exact) mass is 359 g/mol. The molecule has 0 atom stereocenters. The molecule has 1 amide bonds. The predicted molar refractivity (Wildman–Crippen MR) is 109 cm³/mol. The first-order valence-corrected chi connectivity index (χ1v) is 9.17. The minimum atomic E-state index is -0.0253. The topological polar surface area (TPSA) is 29.5 Å². The second-order valence-electron chi connectivity index (χ2n) is 6.78. The van der Waals surface area contributed by atoms with E-state index in [-0.39, 0.29) is 12.5 Å². The van der Waals surface area contributed by atoms with Crippen molar-refractivity contribution in [2.24, 2.45) is 0 Å². The molecule has 0 aliphatic carbocycles. The average molecular weight is 359 g/mol. The molecule has 0 aliphatic heterocycles. The summed E-state index contributed by atoms with van der Waals surface area (Å²) in [6.07, 6.45) is 0. The quantitative estimate of drug-likeness (QED) is 0.600. The smallest absolute Gasteiger partial charge is 0.261 e. The zero-order valence-corrected chi connectivity index (χ0v) is 15.9. The van der Waals surface area contributed by atoms with Gasteiger partial charge in [-0.3, -0.25) is 4.79 Å². The van der Waals surface area contributed by atoms with E-state index in [2.05, 4.69) is 6.07 Å². The van der Waals surface area contributed by atoms with Crippen LogP contribution < -0.4 is 4.74 Å². The lowest BCUT2D eigenvalue weighted by Gasteiger charge is -2.23. The molecular weight excluding hydrogens is 334 g/mol. The van der Waals surface area contributed by atoms with Gasteiger partial charge in [0.15, 0.2) is 6.61 Å². The molecule has 3 aromatic rings. The van der Waals surface area contributed by atoms with Gasteiger partial charge in [0.05, 0.1) is 0 Å². The molecule has 3 rings (SSSR count). The van der Waals surface area contributed by atoms with Crippen molar-refractivity contribution in [1.29, 1.82) is 0 Å². The summed E-state index contributed by atoms with van der Waals surface area (Å²) in [4.78, 5) is 14.7. The van der Waals surface area contributed by atoms with Crippen molar-refractivity contribution < 1.29 is 9.53 Å². The number of hydrogen-bond donors (Lipinski definition) is 0. The molecule has 0 heterocycles. The second-order valence-corrected chi connectivity index (χ2v) is 6.78. The highest BCUT2D eigenvalue weighted by atomic mass is 16.5. The Morgan fingerprint density at radius 1 is 0.815 bits per heavy atom. The lowest BCUT2D eigenvalue weighted by Crippen LogP contribution is -2.34. The number of amides is 1. The first-order chi connectivity index (χ1) is 13.1. The zero-order chi connectivity index (χ0) is 19.1. The van der Waals surface area contributed by atoms with Gasteiger partial charge in [-0.1, -0.05) is 78.4 Å². The van der Waals surface area contributed by atoms with E-state index >= 15 is 0 Å². The fourth-order valence-electron chi connectivity index (χ4n) is 3.03. The maximum atomic E-state index is 12.9. The van der Waals surface area contributed by atoms with Crippen LogP contribution in [0.5, 0.6) is 5.75 Å². The Bertz CT molecular complexity index is 834. The summed E-state index contributed by atoms with van der Waals surface area (Å²) in [5, 5.41) is 0. The van der Waals surface area contributed by atoms with Gasteiger partial charge in [0.2, 0.25) is 0 Å². The fraction of sp³-hybridized carbons (Fsp3) is 0.208. The Labute approximate surface area is 161 Å². The van der Waals surface area contributed by atoms with Crippen LogP contribution in [0, 0.1) is 13.8 Å². The Morgan fingerprint density at radius 3 is 1.89 bits per heavy atom. The third-order valence-electron chi connectivity index (χ3n) is 4.47. The summed E-state index contributed by atoms with van der Waals surface area (Å²) < 4.78 is 5.82. The van der Waals surface area contributed by atoms with Gasteiger partial charge in [-0.15, -0.1) is 0 Å². The standard InChI is InChI=1S/C24H25NO2/c1-19-13-14-23(20(2)15-19)27-18-24(26)25(16-21-9-5-3-6-10-21)17-22-11-7-4-8-12-22/h3-15H,16-18H2,1-2H3. The zero-order valence-electron chi connectivity index (χ0n) is 15.9. The molecule has 0 aliphatic rings. The van der Waals surface area contributed by atoms with Gasteiger partial charge >= 0.3 is 0 Å². The second kappa shape index (κ2) is 9.04. The molecular formula is C24H25NO2. The summed E-state index contributed by atoms with van der Waals surface area (Å²) in [7, 11) is 0. The number of rotatable bonds is 7. The van der Waals surface area contributed by atoms with E-state index in [1.807, 2.05) is 91.5 Å². The molecule has 0 aromatic heterocycles. The van der Waals surface area contributed by atoms with E-state index in [4.69, 9.17) is 4.74 Å². The van der Waals surface area contributed by atoms with Gasteiger partial charge in [-0.25, -0.2) is 0 Å². The molecule has 0 fully saturated rings. The van der Waals surface area contributed by atoms with Crippen LogP contribution in [-0.4, -0.2) is 17.4 Å². The SMILES string of the molecule is Cc1ccc(OCC(=O)N(Cc2ccccc2)Cc2ccccc2)c(C)c1. The third kappa shape index (κ3) is 5.45. The minimum absolute atomic E-state index is 0.0253. The summed E-state index contributed by atoms with van der Waals surface area (Å²) >= 11 is 0. The highest BCUT2D eigenvalue weighted by Gasteiger charge is 2.16. The van der Waals surface area contributed by atoms with Crippen LogP contribution in [0.4, 0.5) is 0 Å². The number of carbonyl (C=O) groups excluding carboxylic acids is 1. The normalized spacial score (nSPS) is 10.4. The lowest BCUT2D eigenvalue weighted by molar-refractivity contribution is -0.134. The Kier molecular flexibility index (Phi) is 6.26. The molecule has 3 heteroatoms. The largest absolute Gasteiger partial charge is 0.483 e. The maximum absolute atomic E-state index is 12.9. The summed E-state index contributed by atoms with van der Waals surface area (Å²) in [6, 6.07) is 26.1. The Balaban J connectivity index is 1.71. The maximum Gasteiger partial charge on any atom is 0.261 e. The van der Waals surface area contributed by atoms with E-state index in [1.54, 1.807) is 0 Å². The highest BCUT2D eigenvalue weighted by Crippen LogP contribution is 2.19. The van der Waals surface area contributed by atoms with Gasteiger partial charge in [0.1, 0.15) is 5.75 Å². The van der Waals surface area contributed by atoms with E-state index < -0.39 is 0 Å². The highest BCUT2D eigenvalue weighted by molar-refractivity contribution is 5.77. The Morgan fingerprint density at radius 2 is 1.37 bits per heavy atom. The number of aryl methyl sites for hydroxylation is 2. The van der Waals surface area contributed by atoms with Crippen molar-refractivity contribution in [2.75, 3.05) is 6.61 Å². The van der Waals surface area contributed by atoms with Crippen molar-refractivity contribution >= 4 is 5.91 Å². The molecule has 3 nitrogen and oxygen atoms in total. The van der Waals surface area contributed by atoms with Crippen molar-refractivity contribution in [1.82, 2.24) is 4.90 Å². The molecule has 0 saturated carbocycles. The summed E-state index contributed by atoms with van der Waals surface area (Å²) in [5.41, 5.74) is 4.43. The Hall–Kier alpha value is -3.07. The molecule has 3 aromatic carbocycles. The van der Waals surface area contributed by atoms with Crippen LogP contribution >= 0.6 is 0 Å². The van der Waals surface area contributed by atoms with E-state index in [0.29, 0.717) is 13.1 Å². The van der Waals surface area contributed by atoms with Gasteiger partial charge in [0, 0.05) is 13.1 Å². The first kappa shape index (κ1) is 18.7. The van der Waals surface area contributed by atoms with Crippen LogP contribution in [0.3, 0.4) is 0 Å². The average Bonchev–Trinajstić information content (AvgIpc) is 2.68. The third-order valence-corrected chi connectivity index (χ3v) is 4.47. The molecule has 27 heavy (non-hydrogen) atoms. The van der Waals surface area contributed by atoms with Gasteiger partial charge in [-0.05, 0) is 36.6 Å². The van der Waals surface area contributed by atoms with Crippen molar-refractivity contribution in [2.45, 2.75) is 26.9 Å². The molecule has 0 unspecified atom stereocenters. The van der Waals surface area contributed by atoms with Crippen LogP contribution in [0.15, 0.2) is 78.9 Å². The van der Waals surface area contributed by atoms with E-state index in [1.165, 1.54) is 5.56 Å². The summed E-state index contributed by atoms with van der Waals surface area (Å²) in [6.45, 7) is 5.20. The molecule has 0 saturated heterocycles. The summed E-state index contributed by atoms with van der Waals surface area (Å²) in [5.74, 6) is 0.732. The van der Waals surface area contributed by atoms with Gasteiger partial charge < -0.3 is 9.64 Å². The van der Waals surface area contributed by atoms with Crippen molar-refractivity contribution in [3.8, 4) is 5.75 Å². The number of hydrogen-bond acceptors (Lipinski definition) is 2. The van der Waals surface area contributed by atoms with Crippen LogP contribution in [0.25, 0.3) is 0 Å². The minimum Gasteiger partial charge on any atom is -0.483 e. The fourth-order valence-corrected chi connectivity index (χ4v) is 3.03. The van der Waals surface area contributed by atoms with Crippen LogP contribution in [0.1, 0.15) is 22.3 Å². The lowest BCUT2D eigenvalue weighted by atomic mass is 10.1. The number of benzene rings is 3. The van der Waals surface area contributed by atoms with Gasteiger partial charge in [-0.2, -0.15) is 0 Å². The predicted octanol–water partition coefficient (Wildman–Crippen LogP) is 4.91. The van der Waals surface area contributed by atoms with Crippen LogP contribution in [-0.2, 0) is 17.9 Å². The number of nitrogens with zero attached hydrogens (tertiary/aromatic N) is 1. The number of carbonyl (C=O) groups is 1. The van der Waals surface area contributed by atoms with E-state index in [0.717, 1.165) is 22.4 Å². The number of ether oxygens (including phenoxy) is 1. The first-order valence-electron chi connectivity index (χ1n) is 9.17. The molecule has 0 N–H and O–H groups in total. The van der Waals surface area contributed by atoms with Crippen molar-refractivity contribution in [3.63, 3.8) is 0 Å². The molecule has 138 valence electrons.